The summed E-state index contributed by atoms with van der Waals surface area (Å²) in [6.45, 7) is 0. The summed E-state index contributed by atoms with van der Waals surface area (Å²) in [6, 6.07) is 32.2. The minimum absolute atomic E-state index is 0.134. The van der Waals surface area contributed by atoms with Gasteiger partial charge in [-0.15, -0.1) is 0 Å². The number of ether oxygens (including phenoxy) is 5. The Morgan fingerprint density at radius 2 is 0.848 bits per heavy atom. The molecule has 12 nitrogen and oxygen atoms in total. The van der Waals surface area contributed by atoms with Crippen molar-refractivity contribution in [2.24, 2.45) is 0 Å². The summed E-state index contributed by atoms with van der Waals surface area (Å²) >= 11 is 0. The molecule has 5 rings (SSSR count). The van der Waals surface area contributed by atoms with Gasteiger partial charge >= 0.3 is 31.2 Å². The first-order valence-electron chi connectivity index (χ1n) is 14.0. The quantitative estimate of drug-likeness (QED) is 0.129. The second-order valence-corrected chi connectivity index (χ2v) is 9.55. The molecule has 234 valence electrons. The Labute approximate surface area is 263 Å². The fraction of sp³-hybridized carbons (Fsp3) is 0.152. The Morgan fingerprint density at radius 3 is 1.20 bits per heavy atom. The number of methoxy groups -OCH3 is 1. The highest BCUT2D eigenvalue weighted by Crippen LogP contribution is 2.26. The summed E-state index contributed by atoms with van der Waals surface area (Å²) in [5, 5.41) is 0. The molecule has 4 atom stereocenters. The molecule has 0 aromatic heterocycles. The standard InChI is InChI=1S/C33H27BO12/c1-39-26(30(35)40-22-14-6-2-7-15-22)27(31(36)41-23-16-8-3-9-17-23)44-34-45-28(32(37)42-24-18-10-4-11-19-24)29(46-34)33(38)43-25-20-12-5-13-21-25/h2-21,26-29H,1H3. The zero-order valence-electron chi connectivity index (χ0n) is 24.3. The van der Waals surface area contributed by atoms with Crippen molar-refractivity contribution in [2.45, 2.75) is 24.4 Å². The van der Waals surface area contributed by atoms with Crippen LogP contribution in [0, 0.1) is 0 Å². The van der Waals surface area contributed by atoms with Crippen molar-refractivity contribution in [3.8, 4) is 23.0 Å². The van der Waals surface area contributed by atoms with Crippen LogP contribution in [-0.2, 0) is 37.9 Å². The van der Waals surface area contributed by atoms with Crippen LogP contribution >= 0.6 is 0 Å². The SMILES string of the molecule is COC(C(=O)Oc1ccccc1)C(OB1OC(C(=O)Oc2ccccc2)C(C(=O)Oc2ccccc2)O1)C(=O)Oc1ccccc1. The molecule has 13 heteroatoms. The van der Waals surface area contributed by atoms with Gasteiger partial charge < -0.3 is 37.6 Å². The van der Waals surface area contributed by atoms with Crippen LogP contribution in [0.5, 0.6) is 23.0 Å². The van der Waals surface area contributed by atoms with Gasteiger partial charge in [-0.25, -0.2) is 19.2 Å². The minimum Gasteiger partial charge on any atom is -0.425 e. The fourth-order valence-electron chi connectivity index (χ4n) is 4.20. The molecule has 1 fully saturated rings. The van der Waals surface area contributed by atoms with E-state index in [0.29, 0.717) is 0 Å². The van der Waals surface area contributed by atoms with Crippen LogP contribution in [0.4, 0.5) is 0 Å². The maximum Gasteiger partial charge on any atom is 0.641 e. The van der Waals surface area contributed by atoms with Crippen molar-refractivity contribution in [3.05, 3.63) is 121 Å². The minimum atomic E-state index is -1.88. The molecule has 0 bridgehead atoms. The van der Waals surface area contributed by atoms with E-state index in [4.69, 9.17) is 37.6 Å². The highest BCUT2D eigenvalue weighted by molar-refractivity contribution is 6.39. The molecule has 0 aliphatic carbocycles. The number of rotatable bonds is 12. The number of esters is 4. The lowest BCUT2D eigenvalue weighted by Crippen LogP contribution is -2.49. The molecule has 4 aromatic rings. The van der Waals surface area contributed by atoms with E-state index < -0.39 is 55.6 Å². The van der Waals surface area contributed by atoms with E-state index in [1.165, 1.54) is 48.5 Å². The summed E-state index contributed by atoms with van der Waals surface area (Å²) in [6.07, 6.45) is -7.00. The van der Waals surface area contributed by atoms with Crippen molar-refractivity contribution in [2.75, 3.05) is 7.11 Å². The molecule has 0 N–H and O–H groups in total. The smallest absolute Gasteiger partial charge is 0.425 e. The lowest BCUT2D eigenvalue weighted by Gasteiger charge is -2.24. The predicted molar refractivity (Wildman–Crippen MR) is 159 cm³/mol. The molecular formula is C33H27BO12. The maximum absolute atomic E-state index is 13.4. The monoisotopic (exact) mass is 626 g/mol. The van der Waals surface area contributed by atoms with Gasteiger partial charge in [0.15, 0.2) is 24.4 Å². The summed E-state index contributed by atoms with van der Waals surface area (Å²) in [7, 11) is -0.725. The van der Waals surface area contributed by atoms with Crippen LogP contribution in [0.3, 0.4) is 0 Å². The second-order valence-electron chi connectivity index (χ2n) is 9.55. The number of para-hydroxylation sites is 4. The molecule has 4 unspecified atom stereocenters. The van der Waals surface area contributed by atoms with Gasteiger partial charge in [-0.1, -0.05) is 72.8 Å². The van der Waals surface area contributed by atoms with Gasteiger partial charge in [-0.3, -0.25) is 0 Å². The van der Waals surface area contributed by atoms with Crippen LogP contribution in [-0.4, -0.2) is 62.7 Å². The summed E-state index contributed by atoms with van der Waals surface area (Å²) in [5.74, 6) is -3.48. The molecule has 1 heterocycles. The number of benzene rings is 4. The number of carbonyl (C=O) groups is 4. The van der Waals surface area contributed by atoms with Crippen molar-refractivity contribution >= 4 is 31.2 Å². The van der Waals surface area contributed by atoms with E-state index in [2.05, 4.69) is 0 Å². The number of hydrogen-bond donors (Lipinski definition) is 0. The molecule has 1 aliphatic heterocycles. The first-order valence-corrected chi connectivity index (χ1v) is 14.0. The van der Waals surface area contributed by atoms with Gasteiger partial charge in [-0.05, 0) is 48.5 Å². The first kappa shape index (κ1) is 32.1. The summed E-state index contributed by atoms with van der Waals surface area (Å²) in [4.78, 5) is 53.1. The molecule has 0 saturated carbocycles. The van der Waals surface area contributed by atoms with Gasteiger partial charge in [0.2, 0.25) is 0 Å². The van der Waals surface area contributed by atoms with E-state index in [9.17, 15) is 19.2 Å². The Hall–Kier alpha value is -5.34. The van der Waals surface area contributed by atoms with Crippen LogP contribution in [0.1, 0.15) is 0 Å². The van der Waals surface area contributed by atoms with Crippen molar-refractivity contribution < 1.29 is 56.8 Å². The van der Waals surface area contributed by atoms with Gasteiger partial charge in [0, 0.05) is 7.11 Å². The van der Waals surface area contributed by atoms with Gasteiger partial charge in [-0.2, -0.15) is 0 Å². The molecule has 46 heavy (non-hydrogen) atoms. The molecule has 0 amide bonds. The molecule has 0 radical (unpaired) electrons. The zero-order valence-corrected chi connectivity index (χ0v) is 24.3. The van der Waals surface area contributed by atoms with E-state index in [1.807, 2.05) is 0 Å². The van der Waals surface area contributed by atoms with E-state index in [0.717, 1.165) is 7.11 Å². The zero-order chi connectivity index (χ0) is 32.3. The van der Waals surface area contributed by atoms with E-state index in [-0.39, 0.29) is 23.0 Å². The Bertz CT molecular complexity index is 1540. The largest absolute Gasteiger partial charge is 0.641 e. The molecule has 4 aromatic carbocycles. The second kappa shape index (κ2) is 15.6. The van der Waals surface area contributed by atoms with Crippen LogP contribution in [0.2, 0.25) is 0 Å². The van der Waals surface area contributed by atoms with Crippen molar-refractivity contribution in [3.63, 3.8) is 0 Å². The van der Waals surface area contributed by atoms with Crippen molar-refractivity contribution in [1.82, 2.24) is 0 Å². The van der Waals surface area contributed by atoms with Crippen molar-refractivity contribution in [1.29, 1.82) is 0 Å². The Morgan fingerprint density at radius 1 is 0.522 bits per heavy atom. The van der Waals surface area contributed by atoms with Crippen LogP contribution in [0.25, 0.3) is 0 Å². The first-order chi connectivity index (χ1) is 22.4. The van der Waals surface area contributed by atoms with Crippen LogP contribution in [0.15, 0.2) is 121 Å². The average Bonchev–Trinajstić information content (AvgIpc) is 3.51. The molecule has 1 saturated heterocycles. The summed E-state index contributed by atoms with van der Waals surface area (Å²) in [5.41, 5.74) is 0. The molecule has 0 spiro atoms. The number of carbonyl (C=O) groups excluding carboxylic acids is 4. The van der Waals surface area contributed by atoms with Gasteiger partial charge in [0.05, 0.1) is 0 Å². The van der Waals surface area contributed by atoms with E-state index >= 15 is 0 Å². The Balaban J connectivity index is 1.39. The maximum atomic E-state index is 13.4. The lowest BCUT2D eigenvalue weighted by atomic mass is 10.1. The summed E-state index contributed by atoms with van der Waals surface area (Å²) < 4.78 is 44.0. The average molecular weight is 626 g/mol. The predicted octanol–water partition coefficient (Wildman–Crippen LogP) is 3.58. The molecular weight excluding hydrogens is 599 g/mol. The highest BCUT2D eigenvalue weighted by Gasteiger charge is 2.54. The lowest BCUT2D eigenvalue weighted by molar-refractivity contribution is -0.165. The molecule has 1 aliphatic rings. The highest BCUT2D eigenvalue weighted by atomic mass is 16.8. The third kappa shape index (κ3) is 8.43. The van der Waals surface area contributed by atoms with Gasteiger partial charge in [0.25, 0.3) is 0 Å². The third-order valence-corrected chi connectivity index (χ3v) is 6.35. The Kier molecular flexibility index (Phi) is 10.9. The normalized spacial score (nSPS) is 16.9. The fourth-order valence-corrected chi connectivity index (χ4v) is 4.20. The third-order valence-electron chi connectivity index (χ3n) is 6.35. The van der Waals surface area contributed by atoms with E-state index in [1.54, 1.807) is 72.8 Å². The number of hydrogen-bond acceptors (Lipinski definition) is 12. The van der Waals surface area contributed by atoms with Crippen LogP contribution < -0.4 is 18.9 Å². The topological polar surface area (TPSA) is 142 Å². The van der Waals surface area contributed by atoms with Gasteiger partial charge in [0.1, 0.15) is 23.0 Å².